The molecular weight excluding hydrogens is 186 g/mol. The van der Waals surface area contributed by atoms with Crippen LogP contribution in [-0.2, 0) is 0 Å². The standard InChI is InChI=1S/C13H27NO/c1-5-11-8-6-7-9-12(11)14-13(3,4)10(2)15/h10-12,14-15H,5-9H2,1-4H3. The van der Waals surface area contributed by atoms with Gasteiger partial charge in [0.15, 0.2) is 0 Å². The summed E-state index contributed by atoms with van der Waals surface area (Å²) in [6.07, 6.45) is 6.30. The molecule has 0 heterocycles. The van der Waals surface area contributed by atoms with Crippen molar-refractivity contribution < 1.29 is 5.11 Å². The number of aliphatic hydroxyl groups excluding tert-OH is 1. The number of nitrogens with one attached hydrogen (secondary N) is 1. The summed E-state index contributed by atoms with van der Waals surface area (Å²) in [5, 5.41) is 13.4. The molecule has 15 heavy (non-hydrogen) atoms. The van der Waals surface area contributed by atoms with E-state index in [1.807, 2.05) is 6.92 Å². The van der Waals surface area contributed by atoms with E-state index >= 15 is 0 Å². The van der Waals surface area contributed by atoms with Crippen molar-refractivity contribution in [2.24, 2.45) is 5.92 Å². The number of hydrogen-bond acceptors (Lipinski definition) is 2. The van der Waals surface area contributed by atoms with Crippen LogP contribution in [0, 0.1) is 5.92 Å². The van der Waals surface area contributed by atoms with Crippen molar-refractivity contribution in [3.63, 3.8) is 0 Å². The Morgan fingerprint density at radius 3 is 2.47 bits per heavy atom. The van der Waals surface area contributed by atoms with Gasteiger partial charge in [0.25, 0.3) is 0 Å². The van der Waals surface area contributed by atoms with Crippen LogP contribution in [-0.4, -0.2) is 22.8 Å². The van der Waals surface area contributed by atoms with Gasteiger partial charge in [-0.3, -0.25) is 0 Å². The van der Waals surface area contributed by atoms with Gasteiger partial charge in [-0.15, -0.1) is 0 Å². The maximum absolute atomic E-state index is 9.71. The predicted molar refractivity (Wildman–Crippen MR) is 64.9 cm³/mol. The largest absolute Gasteiger partial charge is 0.392 e. The molecule has 1 saturated carbocycles. The summed E-state index contributed by atoms with van der Waals surface area (Å²) in [4.78, 5) is 0. The second-order valence-corrected chi connectivity index (χ2v) is 5.60. The second kappa shape index (κ2) is 5.31. The lowest BCUT2D eigenvalue weighted by Crippen LogP contribution is -2.55. The van der Waals surface area contributed by atoms with Crippen LogP contribution in [0.15, 0.2) is 0 Å². The minimum absolute atomic E-state index is 0.157. The summed E-state index contributed by atoms with van der Waals surface area (Å²) in [5.41, 5.74) is -0.157. The molecule has 0 saturated heterocycles. The molecule has 0 amide bonds. The average molecular weight is 213 g/mol. The van der Waals surface area contributed by atoms with E-state index in [1.54, 1.807) is 0 Å². The monoisotopic (exact) mass is 213 g/mol. The van der Waals surface area contributed by atoms with E-state index in [0.717, 1.165) is 5.92 Å². The maximum atomic E-state index is 9.71. The fraction of sp³-hybridized carbons (Fsp3) is 1.00. The highest BCUT2D eigenvalue weighted by molar-refractivity contribution is 4.90. The molecule has 90 valence electrons. The molecule has 0 bridgehead atoms. The van der Waals surface area contributed by atoms with E-state index in [0.29, 0.717) is 6.04 Å². The van der Waals surface area contributed by atoms with Crippen LogP contribution in [0.3, 0.4) is 0 Å². The van der Waals surface area contributed by atoms with Gasteiger partial charge in [-0.05, 0) is 39.5 Å². The first-order valence-electron chi connectivity index (χ1n) is 6.43. The highest BCUT2D eigenvalue weighted by Gasteiger charge is 2.31. The fourth-order valence-electron chi connectivity index (χ4n) is 2.48. The van der Waals surface area contributed by atoms with E-state index < -0.39 is 0 Å². The molecule has 1 aliphatic rings. The van der Waals surface area contributed by atoms with Crippen molar-refractivity contribution in [2.75, 3.05) is 0 Å². The zero-order valence-corrected chi connectivity index (χ0v) is 10.7. The molecule has 2 N–H and O–H groups in total. The summed E-state index contributed by atoms with van der Waals surface area (Å²) in [6, 6.07) is 0.605. The van der Waals surface area contributed by atoms with Crippen LogP contribution >= 0.6 is 0 Å². The van der Waals surface area contributed by atoms with Gasteiger partial charge in [0, 0.05) is 11.6 Å². The van der Waals surface area contributed by atoms with Crippen molar-refractivity contribution in [3.05, 3.63) is 0 Å². The van der Waals surface area contributed by atoms with Crippen molar-refractivity contribution in [3.8, 4) is 0 Å². The Labute approximate surface area is 94.5 Å². The van der Waals surface area contributed by atoms with Crippen molar-refractivity contribution in [1.82, 2.24) is 5.32 Å². The summed E-state index contributed by atoms with van der Waals surface area (Å²) >= 11 is 0. The highest BCUT2D eigenvalue weighted by atomic mass is 16.3. The first kappa shape index (κ1) is 13.0. The topological polar surface area (TPSA) is 32.3 Å². The van der Waals surface area contributed by atoms with Crippen molar-refractivity contribution in [1.29, 1.82) is 0 Å². The van der Waals surface area contributed by atoms with E-state index in [2.05, 4.69) is 26.1 Å². The van der Waals surface area contributed by atoms with E-state index in [-0.39, 0.29) is 11.6 Å². The average Bonchev–Trinajstić information content (AvgIpc) is 2.18. The normalized spacial score (nSPS) is 30.2. The van der Waals surface area contributed by atoms with Crippen molar-refractivity contribution >= 4 is 0 Å². The number of rotatable bonds is 4. The lowest BCUT2D eigenvalue weighted by molar-refractivity contribution is 0.0727. The molecular formula is C13H27NO. The fourth-order valence-corrected chi connectivity index (χ4v) is 2.48. The van der Waals surface area contributed by atoms with Gasteiger partial charge in [-0.1, -0.05) is 26.2 Å². The molecule has 0 radical (unpaired) electrons. The SMILES string of the molecule is CCC1CCCCC1NC(C)(C)C(C)O. The molecule has 2 nitrogen and oxygen atoms in total. The number of aliphatic hydroxyl groups is 1. The van der Waals surface area contributed by atoms with Gasteiger partial charge in [-0.2, -0.15) is 0 Å². The van der Waals surface area contributed by atoms with Crippen LogP contribution in [0.5, 0.6) is 0 Å². The predicted octanol–water partition coefficient (Wildman–Crippen LogP) is 2.70. The Morgan fingerprint density at radius 2 is 1.93 bits per heavy atom. The van der Waals surface area contributed by atoms with Crippen LogP contribution in [0.2, 0.25) is 0 Å². The Bertz CT molecular complexity index is 189. The summed E-state index contributed by atoms with van der Waals surface area (Å²) in [7, 11) is 0. The molecule has 0 aliphatic heterocycles. The Kier molecular flexibility index (Phi) is 4.60. The zero-order valence-electron chi connectivity index (χ0n) is 10.7. The second-order valence-electron chi connectivity index (χ2n) is 5.60. The lowest BCUT2D eigenvalue weighted by atomic mass is 9.81. The molecule has 1 rings (SSSR count). The zero-order chi connectivity index (χ0) is 11.5. The van der Waals surface area contributed by atoms with E-state index in [9.17, 15) is 5.11 Å². The quantitative estimate of drug-likeness (QED) is 0.752. The Hall–Kier alpha value is -0.0800. The smallest absolute Gasteiger partial charge is 0.0688 e. The molecule has 3 atom stereocenters. The third-order valence-electron chi connectivity index (χ3n) is 4.04. The third kappa shape index (κ3) is 3.46. The first-order valence-corrected chi connectivity index (χ1v) is 6.43. The molecule has 0 spiro atoms. The van der Waals surface area contributed by atoms with Gasteiger partial charge in [0.1, 0.15) is 0 Å². The minimum Gasteiger partial charge on any atom is -0.392 e. The Morgan fingerprint density at radius 1 is 1.33 bits per heavy atom. The molecule has 0 aromatic rings. The van der Waals surface area contributed by atoms with E-state index in [1.165, 1.54) is 32.1 Å². The van der Waals surface area contributed by atoms with Crippen LogP contribution in [0.25, 0.3) is 0 Å². The molecule has 1 aliphatic carbocycles. The van der Waals surface area contributed by atoms with Crippen molar-refractivity contribution in [2.45, 2.75) is 77.5 Å². The Balaban J connectivity index is 2.54. The number of hydrogen-bond donors (Lipinski definition) is 2. The van der Waals surface area contributed by atoms with Gasteiger partial charge in [-0.25, -0.2) is 0 Å². The highest BCUT2D eigenvalue weighted by Crippen LogP contribution is 2.28. The van der Waals surface area contributed by atoms with Gasteiger partial charge in [0.2, 0.25) is 0 Å². The van der Waals surface area contributed by atoms with Gasteiger partial charge >= 0.3 is 0 Å². The first-order chi connectivity index (χ1) is 6.97. The lowest BCUT2D eigenvalue weighted by Gasteiger charge is -2.40. The summed E-state index contributed by atoms with van der Waals surface area (Å²) in [5.74, 6) is 0.803. The molecule has 2 heteroatoms. The summed E-state index contributed by atoms with van der Waals surface area (Å²) in [6.45, 7) is 8.34. The molecule has 1 fully saturated rings. The van der Waals surface area contributed by atoms with Crippen LogP contribution < -0.4 is 5.32 Å². The molecule has 0 aromatic heterocycles. The van der Waals surface area contributed by atoms with Crippen LogP contribution in [0.4, 0.5) is 0 Å². The molecule has 3 unspecified atom stereocenters. The maximum Gasteiger partial charge on any atom is 0.0688 e. The molecule has 0 aromatic carbocycles. The third-order valence-corrected chi connectivity index (χ3v) is 4.04. The minimum atomic E-state index is -0.295. The van der Waals surface area contributed by atoms with Gasteiger partial charge < -0.3 is 10.4 Å². The summed E-state index contributed by atoms with van der Waals surface area (Å²) < 4.78 is 0. The van der Waals surface area contributed by atoms with E-state index in [4.69, 9.17) is 0 Å². The van der Waals surface area contributed by atoms with Gasteiger partial charge in [0.05, 0.1) is 6.10 Å². The van der Waals surface area contributed by atoms with Crippen LogP contribution in [0.1, 0.15) is 59.8 Å².